The zero-order valence-corrected chi connectivity index (χ0v) is 9.45. The van der Waals surface area contributed by atoms with E-state index >= 15 is 0 Å². The second-order valence-corrected chi connectivity index (χ2v) is 4.01. The first-order valence-electron chi connectivity index (χ1n) is 4.32. The van der Waals surface area contributed by atoms with E-state index in [4.69, 9.17) is 5.11 Å². The fourth-order valence-electron chi connectivity index (χ4n) is 1.26. The van der Waals surface area contributed by atoms with E-state index in [1.807, 2.05) is 0 Å². The largest absolute Gasteiger partial charge is 0.477 e. The molecule has 16 heavy (non-hydrogen) atoms. The Morgan fingerprint density at radius 1 is 1.44 bits per heavy atom. The Labute approximate surface area is 98.2 Å². The molecule has 6 heteroatoms. The lowest BCUT2D eigenvalue weighted by molar-refractivity contribution is 0.0690. The Bertz CT molecular complexity index is 554. The van der Waals surface area contributed by atoms with Crippen molar-refractivity contribution in [3.8, 4) is 11.3 Å². The molecule has 0 radical (unpaired) electrons. The van der Waals surface area contributed by atoms with E-state index in [1.54, 1.807) is 6.07 Å². The average molecular weight is 285 g/mol. The second-order valence-electron chi connectivity index (χ2n) is 3.10. The third-order valence-electron chi connectivity index (χ3n) is 2.01. The molecule has 0 saturated carbocycles. The van der Waals surface area contributed by atoms with Crippen molar-refractivity contribution in [2.24, 2.45) is 0 Å². The van der Waals surface area contributed by atoms with Gasteiger partial charge in [-0.25, -0.2) is 9.18 Å². The fourth-order valence-corrected chi connectivity index (χ4v) is 1.62. The van der Waals surface area contributed by atoms with Gasteiger partial charge in [-0.2, -0.15) is 5.10 Å². The number of benzene rings is 1. The summed E-state index contributed by atoms with van der Waals surface area (Å²) in [6.45, 7) is 0. The van der Waals surface area contributed by atoms with Gasteiger partial charge in [0, 0.05) is 10.0 Å². The van der Waals surface area contributed by atoms with Crippen LogP contribution in [0.2, 0.25) is 0 Å². The van der Waals surface area contributed by atoms with Crippen molar-refractivity contribution in [2.45, 2.75) is 0 Å². The molecular weight excluding hydrogens is 279 g/mol. The SMILES string of the molecule is O=C(O)c1cc(-c2cc(Br)ccc2F)n[nH]1. The minimum absolute atomic E-state index is 0.0747. The molecule has 0 aliphatic rings. The maximum atomic E-state index is 13.4. The van der Waals surface area contributed by atoms with Gasteiger partial charge in [0.1, 0.15) is 11.5 Å². The summed E-state index contributed by atoms with van der Waals surface area (Å²) in [6, 6.07) is 5.67. The summed E-state index contributed by atoms with van der Waals surface area (Å²) in [5, 5.41) is 14.8. The van der Waals surface area contributed by atoms with E-state index in [0.717, 1.165) is 0 Å². The highest BCUT2D eigenvalue weighted by Crippen LogP contribution is 2.25. The maximum Gasteiger partial charge on any atom is 0.353 e. The van der Waals surface area contributed by atoms with Gasteiger partial charge in [0.05, 0.1) is 5.69 Å². The lowest BCUT2D eigenvalue weighted by Crippen LogP contribution is -1.95. The predicted molar refractivity (Wildman–Crippen MR) is 58.6 cm³/mol. The van der Waals surface area contributed by atoms with E-state index in [-0.39, 0.29) is 17.0 Å². The van der Waals surface area contributed by atoms with Crippen LogP contribution in [0.4, 0.5) is 4.39 Å². The summed E-state index contributed by atoms with van der Waals surface area (Å²) in [4.78, 5) is 10.6. The Morgan fingerprint density at radius 3 is 2.81 bits per heavy atom. The van der Waals surface area contributed by atoms with Crippen molar-refractivity contribution in [3.63, 3.8) is 0 Å². The number of carboxylic acid groups (broad SMARTS) is 1. The highest BCUT2D eigenvalue weighted by molar-refractivity contribution is 9.10. The Hall–Kier alpha value is -1.69. The van der Waals surface area contributed by atoms with E-state index in [9.17, 15) is 9.18 Å². The van der Waals surface area contributed by atoms with Crippen molar-refractivity contribution in [3.05, 3.63) is 40.2 Å². The number of aromatic nitrogens is 2. The number of nitrogens with one attached hydrogen (secondary N) is 1. The third-order valence-corrected chi connectivity index (χ3v) is 2.51. The number of aromatic amines is 1. The zero-order valence-electron chi connectivity index (χ0n) is 7.87. The van der Waals surface area contributed by atoms with Crippen molar-refractivity contribution in [2.75, 3.05) is 0 Å². The fraction of sp³-hybridized carbons (Fsp3) is 0. The summed E-state index contributed by atoms with van der Waals surface area (Å²) < 4.78 is 14.1. The topological polar surface area (TPSA) is 66.0 Å². The molecule has 0 aliphatic heterocycles. The number of nitrogens with zero attached hydrogens (tertiary/aromatic N) is 1. The van der Waals surface area contributed by atoms with Crippen LogP contribution in [-0.2, 0) is 0 Å². The zero-order chi connectivity index (χ0) is 11.7. The van der Waals surface area contributed by atoms with Gasteiger partial charge >= 0.3 is 5.97 Å². The summed E-state index contributed by atoms with van der Waals surface area (Å²) >= 11 is 3.21. The van der Waals surface area contributed by atoms with E-state index < -0.39 is 11.8 Å². The minimum Gasteiger partial charge on any atom is -0.477 e. The van der Waals surface area contributed by atoms with Gasteiger partial charge < -0.3 is 5.11 Å². The summed E-state index contributed by atoms with van der Waals surface area (Å²) in [5.41, 5.74) is 0.434. The molecule has 4 nitrogen and oxygen atoms in total. The van der Waals surface area contributed by atoms with Gasteiger partial charge in [0.25, 0.3) is 0 Å². The Kier molecular flexibility index (Phi) is 2.74. The van der Waals surface area contributed by atoms with Crippen molar-refractivity contribution in [1.82, 2.24) is 10.2 Å². The van der Waals surface area contributed by atoms with Crippen molar-refractivity contribution >= 4 is 21.9 Å². The number of hydrogen-bond donors (Lipinski definition) is 2. The van der Waals surface area contributed by atoms with Gasteiger partial charge in [-0.1, -0.05) is 15.9 Å². The van der Waals surface area contributed by atoms with Crippen LogP contribution >= 0.6 is 15.9 Å². The molecule has 1 aromatic heterocycles. The van der Waals surface area contributed by atoms with E-state index in [2.05, 4.69) is 26.1 Å². The third kappa shape index (κ3) is 1.96. The molecule has 0 amide bonds. The minimum atomic E-state index is -1.13. The predicted octanol–water partition coefficient (Wildman–Crippen LogP) is 2.68. The molecule has 2 rings (SSSR count). The first kappa shape index (κ1) is 10.8. The monoisotopic (exact) mass is 284 g/mol. The molecule has 2 aromatic rings. The number of hydrogen-bond acceptors (Lipinski definition) is 2. The molecular formula is C10H6BrFN2O2. The lowest BCUT2D eigenvalue weighted by Gasteiger charge is -1.99. The van der Waals surface area contributed by atoms with E-state index in [1.165, 1.54) is 18.2 Å². The van der Waals surface area contributed by atoms with Crippen LogP contribution in [-0.4, -0.2) is 21.3 Å². The standard InChI is InChI=1S/C10H6BrFN2O2/c11-5-1-2-7(12)6(3-5)8-4-9(10(15)16)14-13-8/h1-4H,(H,13,14)(H,15,16). The average Bonchev–Trinajstić information content (AvgIpc) is 2.70. The highest BCUT2D eigenvalue weighted by atomic mass is 79.9. The Balaban J connectivity index is 2.50. The molecule has 0 fully saturated rings. The van der Waals surface area contributed by atoms with Crippen LogP contribution < -0.4 is 0 Å². The quantitative estimate of drug-likeness (QED) is 0.891. The molecule has 0 bridgehead atoms. The van der Waals surface area contributed by atoms with E-state index in [0.29, 0.717) is 4.47 Å². The first-order chi connectivity index (χ1) is 7.58. The van der Waals surface area contributed by atoms with Crippen molar-refractivity contribution < 1.29 is 14.3 Å². The molecule has 0 aliphatic carbocycles. The molecule has 1 heterocycles. The number of aromatic carboxylic acids is 1. The Morgan fingerprint density at radius 2 is 2.19 bits per heavy atom. The van der Waals surface area contributed by atoms with Gasteiger partial charge in [-0.05, 0) is 24.3 Å². The number of carbonyl (C=O) groups is 1. The maximum absolute atomic E-state index is 13.4. The first-order valence-corrected chi connectivity index (χ1v) is 5.11. The summed E-state index contributed by atoms with van der Waals surface area (Å²) in [7, 11) is 0. The molecule has 0 saturated heterocycles. The van der Waals surface area contributed by atoms with Gasteiger partial charge in [-0.3, -0.25) is 5.10 Å². The van der Waals surface area contributed by atoms with Gasteiger partial charge in [0.15, 0.2) is 0 Å². The smallest absolute Gasteiger partial charge is 0.353 e. The number of halogens is 2. The lowest BCUT2D eigenvalue weighted by atomic mass is 10.1. The highest BCUT2D eigenvalue weighted by Gasteiger charge is 2.12. The number of H-pyrrole nitrogens is 1. The van der Waals surface area contributed by atoms with Crippen molar-refractivity contribution in [1.29, 1.82) is 0 Å². The molecule has 2 N–H and O–H groups in total. The van der Waals surface area contributed by atoms with Crippen LogP contribution in [0.1, 0.15) is 10.5 Å². The normalized spacial score (nSPS) is 10.4. The van der Waals surface area contributed by atoms with Crippen LogP contribution in [0.25, 0.3) is 11.3 Å². The summed E-state index contributed by atoms with van der Waals surface area (Å²) in [5.74, 6) is -1.58. The van der Waals surface area contributed by atoms with Crippen LogP contribution in [0.15, 0.2) is 28.7 Å². The number of rotatable bonds is 2. The second kappa shape index (κ2) is 4.05. The van der Waals surface area contributed by atoms with Gasteiger partial charge in [0.2, 0.25) is 0 Å². The molecule has 82 valence electrons. The van der Waals surface area contributed by atoms with Crippen LogP contribution in [0, 0.1) is 5.82 Å². The van der Waals surface area contributed by atoms with Crippen LogP contribution in [0.5, 0.6) is 0 Å². The van der Waals surface area contributed by atoms with Crippen LogP contribution in [0.3, 0.4) is 0 Å². The number of carboxylic acids is 1. The molecule has 0 atom stereocenters. The molecule has 1 aromatic carbocycles. The van der Waals surface area contributed by atoms with Gasteiger partial charge in [-0.15, -0.1) is 0 Å². The molecule has 0 spiro atoms. The molecule has 0 unspecified atom stereocenters. The summed E-state index contributed by atoms with van der Waals surface area (Å²) in [6.07, 6.45) is 0.